The lowest BCUT2D eigenvalue weighted by atomic mass is 10.1. The van der Waals surface area contributed by atoms with Crippen molar-refractivity contribution in [2.24, 2.45) is 5.84 Å². The van der Waals surface area contributed by atoms with E-state index in [0.29, 0.717) is 6.61 Å². The Hall–Kier alpha value is -1.81. The summed E-state index contributed by atoms with van der Waals surface area (Å²) in [4.78, 5) is 4.62. The van der Waals surface area contributed by atoms with Gasteiger partial charge in [0.2, 0.25) is 0 Å². The molecule has 0 aliphatic carbocycles. The molecule has 96 valence electrons. The monoisotopic (exact) mass is 245 g/mol. The third kappa shape index (κ3) is 2.11. The van der Waals surface area contributed by atoms with E-state index in [9.17, 15) is 0 Å². The van der Waals surface area contributed by atoms with Crippen molar-refractivity contribution in [3.05, 3.63) is 29.5 Å². The van der Waals surface area contributed by atoms with Gasteiger partial charge < -0.3 is 10.2 Å². The van der Waals surface area contributed by atoms with Crippen molar-refractivity contribution in [2.75, 3.05) is 12.0 Å². The van der Waals surface area contributed by atoms with Crippen molar-refractivity contribution >= 4 is 16.6 Å². The molecule has 0 amide bonds. The van der Waals surface area contributed by atoms with E-state index in [-0.39, 0.29) is 0 Å². The first kappa shape index (κ1) is 12.6. The number of hydrogen-bond donors (Lipinski definition) is 2. The van der Waals surface area contributed by atoms with Crippen molar-refractivity contribution in [1.29, 1.82) is 0 Å². The van der Waals surface area contributed by atoms with Crippen LogP contribution in [0.5, 0.6) is 5.75 Å². The average molecular weight is 245 g/mol. The minimum atomic E-state index is 0.694. The van der Waals surface area contributed by atoms with Crippen molar-refractivity contribution in [1.82, 2.24) is 4.98 Å². The van der Waals surface area contributed by atoms with E-state index < -0.39 is 0 Å². The fraction of sp³-hybridized carbons (Fsp3) is 0.357. The summed E-state index contributed by atoms with van der Waals surface area (Å²) < 4.78 is 5.73. The van der Waals surface area contributed by atoms with Gasteiger partial charge in [-0.05, 0) is 31.9 Å². The van der Waals surface area contributed by atoms with E-state index >= 15 is 0 Å². The summed E-state index contributed by atoms with van der Waals surface area (Å²) in [6.07, 6.45) is 0.975. The average Bonchev–Trinajstić information content (AvgIpc) is 2.38. The molecule has 4 nitrogen and oxygen atoms in total. The van der Waals surface area contributed by atoms with E-state index in [0.717, 1.165) is 40.0 Å². The Labute approximate surface area is 107 Å². The van der Waals surface area contributed by atoms with E-state index in [2.05, 4.69) is 17.3 Å². The summed E-state index contributed by atoms with van der Waals surface area (Å²) in [5.74, 6) is 6.43. The zero-order valence-electron chi connectivity index (χ0n) is 11.1. The van der Waals surface area contributed by atoms with Crippen LogP contribution in [0, 0.1) is 13.8 Å². The maximum absolute atomic E-state index is 5.73. The van der Waals surface area contributed by atoms with Gasteiger partial charge in [-0.1, -0.05) is 19.1 Å². The third-order valence-electron chi connectivity index (χ3n) is 3.07. The number of nitrogen functional groups attached to an aromatic ring is 1. The number of fused-ring (bicyclic) bond motifs is 1. The lowest BCUT2D eigenvalue weighted by Crippen LogP contribution is -2.10. The van der Waals surface area contributed by atoms with Gasteiger partial charge in [0.15, 0.2) is 0 Å². The van der Waals surface area contributed by atoms with Gasteiger partial charge in [-0.2, -0.15) is 0 Å². The topological polar surface area (TPSA) is 60.2 Å². The third-order valence-corrected chi connectivity index (χ3v) is 3.07. The Morgan fingerprint density at radius 2 is 2.11 bits per heavy atom. The zero-order valence-corrected chi connectivity index (χ0v) is 11.1. The summed E-state index contributed by atoms with van der Waals surface area (Å²) in [7, 11) is 0. The largest absolute Gasteiger partial charge is 0.491 e. The summed E-state index contributed by atoms with van der Waals surface area (Å²) in [6.45, 7) is 6.77. The highest BCUT2D eigenvalue weighted by Crippen LogP contribution is 2.32. The molecule has 1 aromatic heterocycles. The SMILES string of the molecule is CCCOc1cccc2c(NN)c(C)c(C)nc12. The Bertz CT molecular complexity index is 566. The molecule has 0 aliphatic heterocycles. The molecule has 0 bridgehead atoms. The molecular weight excluding hydrogens is 226 g/mol. The molecule has 0 atom stereocenters. The van der Waals surface area contributed by atoms with Crippen LogP contribution in [0.15, 0.2) is 18.2 Å². The van der Waals surface area contributed by atoms with Crippen molar-refractivity contribution in [3.63, 3.8) is 0 Å². The Balaban J connectivity index is 2.66. The van der Waals surface area contributed by atoms with Crippen LogP contribution in [0.3, 0.4) is 0 Å². The van der Waals surface area contributed by atoms with E-state index in [1.165, 1.54) is 0 Å². The van der Waals surface area contributed by atoms with Gasteiger partial charge in [0.25, 0.3) is 0 Å². The van der Waals surface area contributed by atoms with Crippen LogP contribution in [0.25, 0.3) is 10.9 Å². The number of aryl methyl sites for hydroxylation is 1. The second kappa shape index (κ2) is 5.23. The van der Waals surface area contributed by atoms with Gasteiger partial charge >= 0.3 is 0 Å². The summed E-state index contributed by atoms with van der Waals surface area (Å²) in [6, 6.07) is 5.91. The van der Waals surface area contributed by atoms with Crippen LogP contribution in [0.4, 0.5) is 5.69 Å². The number of benzene rings is 1. The highest BCUT2D eigenvalue weighted by molar-refractivity contribution is 5.96. The molecule has 2 aromatic rings. The first-order valence-electron chi connectivity index (χ1n) is 6.18. The van der Waals surface area contributed by atoms with Gasteiger partial charge in [-0.25, -0.2) is 4.98 Å². The molecule has 1 aromatic carbocycles. The molecular formula is C14H19N3O. The summed E-state index contributed by atoms with van der Waals surface area (Å²) in [5, 5.41) is 0.995. The fourth-order valence-electron chi connectivity index (χ4n) is 1.99. The molecule has 3 N–H and O–H groups in total. The van der Waals surface area contributed by atoms with Crippen LogP contribution >= 0.6 is 0 Å². The summed E-state index contributed by atoms with van der Waals surface area (Å²) in [5.41, 5.74) is 6.57. The number of hydrazine groups is 1. The number of nitrogens with two attached hydrogens (primary N) is 1. The number of nitrogens with zero attached hydrogens (tertiary/aromatic N) is 1. The Morgan fingerprint density at radius 3 is 2.78 bits per heavy atom. The number of nitrogens with one attached hydrogen (secondary N) is 1. The number of aromatic nitrogens is 1. The normalized spacial score (nSPS) is 10.7. The van der Waals surface area contributed by atoms with Gasteiger partial charge in [0.1, 0.15) is 11.3 Å². The van der Waals surface area contributed by atoms with Crippen molar-refractivity contribution in [3.8, 4) is 5.75 Å². The predicted molar refractivity (Wildman–Crippen MR) is 74.8 cm³/mol. The van der Waals surface area contributed by atoms with Crippen LogP contribution in [-0.2, 0) is 0 Å². The molecule has 0 unspecified atom stereocenters. The standard InChI is InChI=1S/C14H19N3O/c1-4-8-18-12-7-5-6-11-13(17-15)9(2)10(3)16-14(11)12/h5-7H,4,8,15H2,1-3H3,(H,16,17). The first-order valence-corrected chi connectivity index (χ1v) is 6.18. The highest BCUT2D eigenvalue weighted by Gasteiger charge is 2.11. The number of anilines is 1. The second-order valence-corrected chi connectivity index (χ2v) is 4.34. The van der Waals surface area contributed by atoms with Crippen LogP contribution < -0.4 is 16.0 Å². The molecule has 0 aliphatic rings. The van der Waals surface area contributed by atoms with Gasteiger partial charge in [0, 0.05) is 11.1 Å². The lowest BCUT2D eigenvalue weighted by molar-refractivity contribution is 0.320. The molecule has 0 saturated heterocycles. The van der Waals surface area contributed by atoms with E-state index in [1.807, 2.05) is 32.0 Å². The maximum atomic E-state index is 5.73. The quantitative estimate of drug-likeness (QED) is 0.642. The van der Waals surface area contributed by atoms with E-state index in [1.54, 1.807) is 0 Å². The Kier molecular flexibility index (Phi) is 3.67. The van der Waals surface area contributed by atoms with Gasteiger partial charge in [0.05, 0.1) is 12.3 Å². The van der Waals surface area contributed by atoms with Crippen LogP contribution in [0.1, 0.15) is 24.6 Å². The van der Waals surface area contributed by atoms with Gasteiger partial charge in [-0.3, -0.25) is 5.84 Å². The number of hydrogen-bond acceptors (Lipinski definition) is 4. The molecule has 18 heavy (non-hydrogen) atoms. The number of para-hydroxylation sites is 1. The number of pyridine rings is 1. The van der Waals surface area contributed by atoms with Crippen molar-refractivity contribution in [2.45, 2.75) is 27.2 Å². The molecule has 1 heterocycles. The maximum Gasteiger partial charge on any atom is 0.145 e. The van der Waals surface area contributed by atoms with Crippen molar-refractivity contribution < 1.29 is 4.74 Å². The zero-order chi connectivity index (χ0) is 13.1. The Morgan fingerprint density at radius 1 is 1.33 bits per heavy atom. The molecule has 2 rings (SSSR count). The number of ether oxygens (including phenoxy) is 1. The van der Waals surface area contributed by atoms with Crippen LogP contribution in [0.2, 0.25) is 0 Å². The number of rotatable bonds is 4. The molecule has 0 saturated carbocycles. The van der Waals surface area contributed by atoms with Crippen LogP contribution in [-0.4, -0.2) is 11.6 Å². The highest BCUT2D eigenvalue weighted by atomic mass is 16.5. The van der Waals surface area contributed by atoms with E-state index in [4.69, 9.17) is 10.6 Å². The molecule has 0 radical (unpaired) electrons. The van der Waals surface area contributed by atoms with Gasteiger partial charge in [-0.15, -0.1) is 0 Å². The fourth-order valence-corrected chi connectivity index (χ4v) is 1.99. The summed E-state index contributed by atoms with van der Waals surface area (Å²) >= 11 is 0. The predicted octanol–water partition coefficient (Wildman–Crippen LogP) is 2.93. The second-order valence-electron chi connectivity index (χ2n) is 4.34. The lowest BCUT2D eigenvalue weighted by Gasteiger charge is -2.14. The molecule has 4 heteroatoms. The first-order chi connectivity index (χ1) is 8.69. The molecule has 0 fully saturated rings. The minimum Gasteiger partial charge on any atom is -0.491 e. The minimum absolute atomic E-state index is 0.694. The molecule has 0 spiro atoms. The smallest absolute Gasteiger partial charge is 0.145 e.